The molecule has 1 aliphatic rings. The van der Waals surface area contributed by atoms with Gasteiger partial charge in [0, 0.05) is 5.92 Å². The highest BCUT2D eigenvalue weighted by Crippen LogP contribution is 2.40. The first-order chi connectivity index (χ1) is 10.3. The molecule has 0 bridgehead atoms. The summed E-state index contributed by atoms with van der Waals surface area (Å²) in [6.45, 7) is 10.6. The number of aliphatic hydroxyl groups excluding tert-OH is 2. The van der Waals surface area contributed by atoms with Gasteiger partial charge in [0.05, 0.1) is 6.61 Å². The molecule has 0 spiro atoms. The average Bonchev–Trinajstić information content (AvgIpc) is 2.43. The van der Waals surface area contributed by atoms with Crippen LogP contribution in [-0.4, -0.2) is 22.9 Å². The van der Waals surface area contributed by atoms with Crippen molar-refractivity contribution in [3.8, 4) is 11.8 Å². The summed E-state index contributed by atoms with van der Waals surface area (Å²) in [5, 5.41) is 18.9. The van der Waals surface area contributed by atoms with Crippen molar-refractivity contribution in [1.82, 2.24) is 0 Å². The van der Waals surface area contributed by atoms with E-state index >= 15 is 0 Å². The second kappa shape index (κ2) is 8.36. The largest absolute Gasteiger partial charge is 0.392 e. The topological polar surface area (TPSA) is 40.5 Å². The zero-order chi connectivity index (χ0) is 16.8. The molecule has 1 aliphatic carbocycles. The highest BCUT2D eigenvalue weighted by atomic mass is 16.3. The molecule has 1 rings (SSSR count). The molecule has 0 amide bonds. The van der Waals surface area contributed by atoms with Gasteiger partial charge in [-0.2, -0.15) is 0 Å². The van der Waals surface area contributed by atoms with E-state index in [0.717, 1.165) is 5.57 Å². The van der Waals surface area contributed by atoms with Crippen LogP contribution in [0.2, 0.25) is 0 Å². The summed E-state index contributed by atoms with van der Waals surface area (Å²) in [5.41, 5.74) is 3.86. The maximum absolute atomic E-state index is 10.1. The fourth-order valence-corrected chi connectivity index (χ4v) is 2.87. The highest BCUT2D eigenvalue weighted by molar-refractivity contribution is 5.33. The summed E-state index contributed by atoms with van der Waals surface area (Å²) in [6, 6.07) is 0. The summed E-state index contributed by atoms with van der Waals surface area (Å²) >= 11 is 0. The van der Waals surface area contributed by atoms with Crippen molar-refractivity contribution in [2.75, 3.05) is 6.61 Å². The quantitative estimate of drug-likeness (QED) is 0.770. The third-order valence-corrected chi connectivity index (χ3v) is 4.42. The molecule has 0 saturated carbocycles. The van der Waals surface area contributed by atoms with E-state index in [2.05, 4.69) is 44.8 Å². The lowest BCUT2D eigenvalue weighted by atomic mass is 9.72. The van der Waals surface area contributed by atoms with Gasteiger partial charge in [0.1, 0.15) is 6.10 Å². The fraction of sp³-hybridized carbons (Fsp3) is 0.600. The van der Waals surface area contributed by atoms with Crippen molar-refractivity contribution < 1.29 is 10.2 Å². The predicted octanol–water partition coefficient (Wildman–Crippen LogP) is 4.01. The van der Waals surface area contributed by atoms with Crippen LogP contribution in [0.1, 0.15) is 53.9 Å². The number of hydrogen-bond acceptors (Lipinski definition) is 2. The summed E-state index contributed by atoms with van der Waals surface area (Å²) < 4.78 is 0. The van der Waals surface area contributed by atoms with Crippen LogP contribution < -0.4 is 0 Å². The summed E-state index contributed by atoms with van der Waals surface area (Å²) in [4.78, 5) is 0. The Labute approximate surface area is 135 Å². The first-order valence-electron chi connectivity index (χ1n) is 8.13. The van der Waals surface area contributed by atoms with E-state index in [0.29, 0.717) is 0 Å². The van der Waals surface area contributed by atoms with Gasteiger partial charge >= 0.3 is 0 Å². The van der Waals surface area contributed by atoms with Crippen LogP contribution in [0.5, 0.6) is 0 Å². The van der Waals surface area contributed by atoms with E-state index in [9.17, 15) is 5.11 Å². The summed E-state index contributed by atoms with van der Waals surface area (Å²) in [7, 11) is 0. The smallest absolute Gasteiger partial charge is 0.121 e. The fourth-order valence-electron chi connectivity index (χ4n) is 2.87. The highest BCUT2D eigenvalue weighted by Gasteiger charge is 2.26. The van der Waals surface area contributed by atoms with Gasteiger partial charge in [-0.1, -0.05) is 50.3 Å². The van der Waals surface area contributed by atoms with Crippen LogP contribution in [0.25, 0.3) is 0 Å². The van der Waals surface area contributed by atoms with Crippen LogP contribution in [0.4, 0.5) is 0 Å². The Balaban J connectivity index is 2.79. The van der Waals surface area contributed by atoms with Gasteiger partial charge in [-0.3, -0.25) is 0 Å². The van der Waals surface area contributed by atoms with E-state index in [1.807, 2.05) is 13.8 Å². The molecule has 22 heavy (non-hydrogen) atoms. The average molecular weight is 302 g/mol. The van der Waals surface area contributed by atoms with Gasteiger partial charge < -0.3 is 10.2 Å². The van der Waals surface area contributed by atoms with Crippen molar-refractivity contribution in [3.63, 3.8) is 0 Å². The third kappa shape index (κ3) is 5.48. The second-order valence-corrected chi connectivity index (χ2v) is 6.93. The van der Waals surface area contributed by atoms with Gasteiger partial charge in [0.15, 0.2) is 0 Å². The van der Waals surface area contributed by atoms with Crippen molar-refractivity contribution in [1.29, 1.82) is 0 Å². The zero-order valence-corrected chi connectivity index (χ0v) is 14.6. The molecule has 0 aromatic rings. The molecule has 0 saturated heterocycles. The Morgan fingerprint density at radius 3 is 2.68 bits per heavy atom. The molecule has 0 aromatic carbocycles. The molecule has 0 heterocycles. The Kier molecular flexibility index (Phi) is 7.13. The standard InChI is InChI=1S/C20H30O2/c1-15(12-14-21)8-11-19(22)17(3)9-10-18-16(2)7-6-13-20(18,4)5/h9-10,12,17,19,21-22H,6-7,13-14H2,1-5H3/b10-9+,15-12-/t17-,19+/m0/s1. The first kappa shape index (κ1) is 18.7. The lowest BCUT2D eigenvalue weighted by molar-refractivity contribution is 0.194. The Bertz CT molecular complexity index is 524. The number of rotatable bonds is 4. The molecule has 0 aliphatic heterocycles. The monoisotopic (exact) mass is 302 g/mol. The molecule has 0 radical (unpaired) electrons. The maximum Gasteiger partial charge on any atom is 0.121 e. The minimum atomic E-state index is -0.689. The van der Waals surface area contributed by atoms with Crippen molar-refractivity contribution in [2.45, 2.75) is 60.0 Å². The number of hydrogen-bond donors (Lipinski definition) is 2. The van der Waals surface area contributed by atoms with Crippen LogP contribution in [0.3, 0.4) is 0 Å². The van der Waals surface area contributed by atoms with E-state index in [1.54, 1.807) is 6.08 Å². The molecular weight excluding hydrogens is 272 g/mol. The summed E-state index contributed by atoms with van der Waals surface area (Å²) in [6.07, 6.45) is 8.84. The lowest BCUT2D eigenvalue weighted by Crippen LogP contribution is -2.20. The second-order valence-electron chi connectivity index (χ2n) is 6.93. The van der Waals surface area contributed by atoms with Crippen LogP contribution in [-0.2, 0) is 0 Å². The molecule has 0 unspecified atom stereocenters. The minimum Gasteiger partial charge on any atom is -0.392 e. The van der Waals surface area contributed by atoms with Gasteiger partial charge in [-0.05, 0) is 55.7 Å². The Hall–Kier alpha value is -1.30. The molecule has 0 aromatic heterocycles. The maximum atomic E-state index is 10.1. The number of allylic oxidation sites excluding steroid dienone is 4. The van der Waals surface area contributed by atoms with E-state index in [4.69, 9.17) is 5.11 Å². The Morgan fingerprint density at radius 2 is 2.09 bits per heavy atom. The normalized spacial score (nSPS) is 21.5. The third-order valence-electron chi connectivity index (χ3n) is 4.42. The molecule has 2 N–H and O–H groups in total. The zero-order valence-electron chi connectivity index (χ0n) is 14.6. The molecule has 2 nitrogen and oxygen atoms in total. The van der Waals surface area contributed by atoms with Gasteiger partial charge in [-0.25, -0.2) is 0 Å². The Morgan fingerprint density at radius 1 is 1.41 bits per heavy atom. The first-order valence-corrected chi connectivity index (χ1v) is 8.13. The molecule has 0 fully saturated rings. The van der Waals surface area contributed by atoms with E-state index in [-0.39, 0.29) is 17.9 Å². The van der Waals surface area contributed by atoms with Gasteiger partial charge in [-0.15, -0.1) is 0 Å². The molecule has 122 valence electrons. The van der Waals surface area contributed by atoms with Crippen molar-refractivity contribution >= 4 is 0 Å². The van der Waals surface area contributed by atoms with Gasteiger partial charge in [0.2, 0.25) is 0 Å². The predicted molar refractivity (Wildman–Crippen MR) is 93.3 cm³/mol. The van der Waals surface area contributed by atoms with Gasteiger partial charge in [0.25, 0.3) is 0 Å². The molecular formula is C20H30O2. The molecule has 2 heteroatoms. The molecule has 2 atom stereocenters. The van der Waals surface area contributed by atoms with Crippen LogP contribution in [0.15, 0.2) is 34.9 Å². The van der Waals surface area contributed by atoms with Crippen LogP contribution >= 0.6 is 0 Å². The van der Waals surface area contributed by atoms with Crippen molar-refractivity contribution in [3.05, 3.63) is 34.9 Å². The number of aliphatic hydroxyl groups is 2. The summed E-state index contributed by atoms with van der Waals surface area (Å²) in [5.74, 6) is 5.71. The lowest BCUT2D eigenvalue weighted by Gasteiger charge is -2.33. The van der Waals surface area contributed by atoms with E-state index in [1.165, 1.54) is 30.4 Å². The SMILES string of the molecule is CC1=C(/C=C/[C@H](C)[C@H](O)C#C/C(C)=C\CO)C(C)(C)CCC1. The van der Waals surface area contributed by atoms with E-state index < -0.39 is 6.10 Å². The minimum absolute atomic E-state index is 0.0193. The van der Waals surface area contributed by atoms with Crippen molar-refractivity contribution in [2.24, 2.45) is 11.3 Å². The van der Waals surface area contributed by atoms with Crippen LogP contribution in [0, 0.1) is 23.2 Å².